The molecule has 0 aromatic carbocycles. The van der Waals surface area contributed by atoms with Crippen LogP contribution in [0.1, 0.15) is 24.8 Å². The van der Waals surface area contributed by atoms with Crippen molar-refractivity contribution in [1.29, 1.82) is 0 Å². The zero-order valence-electron chi connectivity index (χ0n) is 15.2. The second-order valence-corrected chi connectivity index (χ2v) is 7.40. The number of hydrogen-bond donors (Lipinski definition) is 0. The van der Waals surface area contributed by atoms with E-state index in [1.54, 1.807) is 18.6 Å². The number of pyridine rings is 1. The average molecular weight is 351 g/mol. The molecule has 0 N–H and O–H groups in total. The lowest BCUT2D eigenvalue weighted by Crippen LogP contribution is -2.39. The highest BCUT2D eigenvalue weighted by Gasteiger charge is 2.45. The van der Waals surface area contributed by atoms with Crippen LogP contribution in [0.5, 0.6) is 0 Å². The Labute approximate surface area is 154 Å². The van der Waals surface area contributed by atoms with Crippen LogP contribution in [0.2, 0.25) is 0 Å². The molecule has 3 atom stereocenters. The molecule has 136 valence electrons. The van der Waals surface area contributed by atoms with Gasteiger partial charge in [-0.25, -0.2) is 4.98 Å². The number of aromatic nitrogens is 3. The highest BCUT2D eigenvalue weighted by atomic mass is 16.2. The number of amides is 1. The summed E-state index contributed by atoms with van der Waals surface area (Å²) in [7, 11) is 2.10. The fourth-order valence-corrected chi connectivity index (χ4v) is 4.52. The molecule has 1 amide bonds. The zero-order chi connectivity index (χ0) is 17.9. The first-order valence-corrected chi connectivity index (χ1v) is 9.38. The summed E-state index contributed by atoms with van der Waals surface area (Å²) in [5.41, 5.74) is 1.13. The fraction of sp³-hybridized carbons (Fsp3) is 0.500. The number of hydrogen-bond acceptors (Lipinski definition) is 5. The molecule has 4 rings (SSSR count). The minimum Gasteiger partial charge on any atom is -0.355 e. The molecule has 3 heterocycles. The van der Waals surface area contributed by atoms with Crippen molar-refractivity contribution in [3.05, 3.63) is 48.7 Å². The Hall–Kier alpha value is -2.50. The molecule has 6 nitrogen and oxygen atoms in total. The summed E-state index contributed by atoms with van der Waals surface area (Å²) in [4.78, 5) is 29.7. The van der Waals surface area contributed by atoms with Crippen LogP contribution in [0, 0.1) is 11.8 Å². The fourth-order valence-electron chi connectivity index (χ4n) is 4.52. The normalized spacial score (nSPS) is 24.5. The molecule has 1 aliphatic heterocycles. The third kappa shape index (κ3) is 3.41. The topological polar surface area (TPSA) is 62.2 Å². The summed E-state index contributed by atoms with van der Waals surface area (Å²) in [6.07, 6.45) is 12.6. The van der Waals surface area contributed by atoms with Crippen molar-refractivity contribution in [3.8, 4) is 0 Å². The molecule has 2 aromatic heterocycles. The third-order valence-corrected chi connectivity index (χ3v) is 5.93. The van der Waals surface area contributed by atoms with E-state index in [0.717, 1.165) is 30.9 Å². The van der Waals surface area contributed by atoms with E-state index in [1.807, 2.05) is 24.5 Å². The van der Waals surface area contributed by atoms with Crippen LogP contribution < -0.4 is 4.90 Å². The number of likely N-dealkylation sites (tertiary alicyclic amines) is 1. The maximum absolute atomic E-state index is 12.7. The van der Waals surface area contributed by atoms with Gasteiger partial charge >= 0.3 is 0 Å². The molecule has 2 fully saturated rings. The van der Waals surface area contributed by atoms with Gasteiger partial charge in [-0.05, 0) is 36.8 Å². The molecule has 26 heavy (non-hydrogen) atoms. The van der Waals surface area contributed by atoms with Gasteiger partial charge in [-0.2, -0.15) is 0 Å². The Morgan fingerprint density at radius 2 is 2.08 bits per heavy atom. The van der Waals surface area contributed by atoms with Gasteiger partial charge in [-0.3, -0.25) is 14.8 Å². The van der Waals surface area contributed by atoms with Crippen molar-refractivity contribution < 1.29 is 4.79 Å². The van der Waals surface area contributed by atoms with E-state index >= 15 is 0 Å². The molecule has 1 saturated carbocycles. The summed E-state index contributed by atoms with van der Waals surface area (Å²) in [5, 5.41) is 0. The van der Waals surface area contributed by atoms with E-state index in [-0.39, 0.29) is 5.91 Å². The highest BCUT2D eigenvalue weighted by molar-refractivity contribution is 5.76. The monoisotopic (exact) mass is 351 g/mol. The van der Waals surface area contributed by atoms with E-state index in [2.05, 4.69) is 31.8 Å². The first-order valence-electron chi connectivity index (χ1n) is 9.38. The summed E-state index contributed by atoms with van der Waals surface area (Å²) < 4.78 is 0. The number of carbonyl (C=O) groups excluding carboxylic acids is 1. The molecule has 1 saturated heterocycles. The number of aryl methyl sites for hydroxylation is 1. The van der Waals surface area contributed by atoms with E-state index in [4.69, 9.17) is 0 Å². The van der Waals surface area contributed by atoms with Crippen molar-refractivity contribution in [2.75, 3.05) is 25.0 Å². The lowest BCUT2D eigenvalue weighted by molar-refractivity contribution is -0.130. The third-order valence-electron chi connectivity index (χ3n) is 5.93. The Balaban J connectivity index is 1.36. The second kappa shape index (κ2) is 7.40. The van der Waals surface area contributed by atoms with Crippen LogP contribution in [0.25, 0.3) is 0 Å². The number of fused-ring (bicyclic) bond motifs is 1. The number of nitrogens with zero attached hydrogens (tertiary/aromatic N) is 5. The van der Waals surface area contributed by atoms with Crippen molar-refractivity contribution in [3.63, 3.8) is 0 Å². The van der Waals surface area contributed by atoms with E-state index < -0.39 is 0 Å². The second-order valence-electron chi connectivity index (χ2n) is 7.40. The molecule has 1 aliphatic carbocycles. The molecule has 0 bridgehead atoms. The van der Waals surface area contributed by atoms with Gasteiger partial charge in [0, 0.05) is 63.3 Å². The predicted molar refractivity (Wildman–Crippen MR) is 99.6 cm³/mol. The minimum atomic E-state index is 0.268. The van der Waals surface area contributed by atoms with Crippen molar-refractivity contribution in [1.82, 2.24) is 19.9 Å². The lowest BCUT2D eigenvalue weighted by atomic mass is 9.97. The summed E-state index contributed by atoms with van der Waals surface area (Å²) in [6, 6.07) is 4.39. The molecule has 2 aromatic rings. The van der Waals surface area contributed by atoms with Crippen LogP contribution in [0.3, 0.4) is 0 Å². The van der Waals surface area contributed by atoms with E-state index in [1.165, 1.54) is 12.8 Å². The minimum absolute atomic E-state index is 0.268. The van der Waals surface area contributed by atoms with Crippen LogP contribution in [-0.4, -0.2) is 51.9 Å². The standard InChI is InChI=1S/C20H25N5O/c1-24(19-12-22-9-10-23-19)18-6-5-16-13-25(14-17(16)18)20(26)7-4-15-3-2-8-21-11-15/h2-3,8-12,16-18H,4-7,13-14H2,1H3/t16-,17+,18-/m1/s1. The Bertz CT molecular complexity index is 738. The smallest absolute Gasteiger partial charge is 0.222 e. The van der Waals surface area contributed by atoms with Crippen LogP contribution in [0.15, 0.2) is 43.1 Å². The number of rotatable bonds is 5. The summed E-state index contributed by atoms with van der Waals surface area (Å²) in [6.45, 7) is 1.77. The van der Waals surface area contributed by atoms with Gasteiger partial charge in [0.1, 0.15) is 5.82 Å². The van der Waals surface area contributed by atoms with Crippen LogP contribution in [0.4, 0.5) is 5.82 Å². The molecular formula is C20H25N5O. The quantitative estimate of drug-likeness (QED) is 0.826. The zero-order valence-corrected chi connectivity index (χ0v) is 15.2. The van der Waals surface area contributed by atoms with E-state index in [9.17, 15) is 4.79 Å². The summed E-state index contributed by atoms with van der Waals surface area (Å²) >= 11 is 0. The largest absolute Gasteiger partial charge is 0.355 e. The number of anilines is 1. The molecule has 0 radical (unpaired) electrons. The average Bonchev–Trinajstić information content (AvgIpc) is 3.28. The molecule has 6 heteroatoms. The first kappa shape index (κ1) is 16.9. The van der Waals surface area contributed by atoms with Crippen LogP contribution >= 0.6 is 0 Å². The Kier molecular flexibility index (Phi) is 4.82. The Morgan fingerprint density at radius 3 is 2.85 bits per heavy atom. The van der Waals surface area contributed by atoms with Crippen LogP contribution in [-0.2, 0) is 11.2 Å². The van der Waals surface area contributed by atoms with Gasteiger partial charge in [0.05, 0.1) is 6.20 Å². The van der Waals surface area contributed by atoms with Gasteiger partial charge < -0.3 is 9.80 Å². The molecular weight excluding hydrogens is 326 g/mol. The van der Waals surface area contributed by atoms with Crippen molar-refractivity contribution >= 4 is 11.7 Å². The van der Waals surface area contributed by atoms with Gasteiger partial charge in [0.25, 0.3) is 0 Å². The lowest BCUT2D eigenvalue weighted by Gasteiger charge is -2.30. The summed E-state index contributed by atoms with van der Waals surface area (Å²) in [5.74, 6) is 2.33. The van der Waals surface area contributed by atoms with Crippen molar-refractivity contribution in [2.24, 2.45) is 11.8 Å². The van der Waals surface area contributed by atoms with E-state index in [0.29, 0.717) is 24.3 Å². The number of carbonyl (C=O) groups is 1. The van der Waals surface area contributed by atoms with Gasteiger partial charge in [-0.1, -0.05) is 6.07 Å². The van der Waals surface area contributed by atoms with Gasteiger partial charge in [0.2, 0.25) is 5.91 Å². The predicted octanol–water partition coefficient (Wildman–Crippen LogP) is 2.18. The molecule has 0 unspecified atom stereocenters. The first-order chi connectivity index (χ1) is 12.7. The SMILES string of the molecule is CN(c1cnccn1)[C@@H]1CC[C@@H]2CN(C(=O)CCc3cccnc3)C[C@@H]21. The van der Waals surface area contributed by atoms with Gasteiger partial charge in [0.15, 0.2) is 0 Å². The Morgan fingerprint density at radius 1 is 1.19 bits per heavy atom. The molecule has 2 aliphatic rings. The molecule has 0 spiro atoms. The maximum Gasteiger partial charge on any atom is 0.222 e. The highest BCUT2D eigenvalue weighted by Crippen LogP contribution is 2.41. The van der Waals surface area contributed by atoms with Gasteiger partial charge in [-0.15, -0.1) is 0 Å². The maximum atomic E-state index is 12.7. The van der Waals surface area contributed by atoms with Crippen molar-refractivity contribution in [2.45, 2.75) is 31.7 Å².